The molecule has 2 aliphatic rings. The number of nitrogens with zero attached hydrogens (tertiary/aromatic N) is 1. The van der Waals surface area contributed by atoms with E-state index in [1.54, 1.807) is 0 Å². The van der Waals surface area contributed by atoms with Crippen LogP contribution in [-0.2, 0) is 13.0 Å². The van der Waals surface area contributed by atoms with Crippen molar-refractivity contribution in [3.05, 3.63) is 71.4 Å². The summed E-state index contributed by atoms with van der Waals surface area (Å²) in [4.78, 5) is 18.6. The summed E-state index contributed by atoms with van der Waals surface area (Å²) in [5, 5.41) is 7.59. The van der Waals surface area contributed by atoms with Crippen LogP contribution in [0.5, 0.6) is 0 Å². The molecule has 2 saturated heterocycles. The van der Waals surface area contributed by atoms with Gasteiger partial charge in [-0.05, 0) is 56.2 Å². The van der Waals surface area contributed by atoms with Crippen LogP contribution in [0.4, 0.5) is 4.79 Å². The number of hydrogen-bond donors (Lipinski definition) is 3. The molecule has 162 valence electrons. The first kappa shape index (κ1) is 20.1. The zero-order valence-electron chi connectivity index (χ0n) is 18.2. The molecule has 31 heavy (non-hydrogen) atoms. The van der Waals surface area contributed by atoms with Gasteiger partial charge in [0.05, 0.1) is 0 Å². The summed E-state index contributed by atoms with van der Waals surface area (Å²) in [6.45, 7) is 3.78. The van der Waals surface area contributed by atoms with Crippen LogP contribution < -0.4 is 10.6 Å². The maximum absolute atomic E-state index is 12.6. The van der Waals surface area contributed by atoms with Crippen LogP contribution in [0.1, 0.15) is 42.5 Å². The van der Waals surface area contributed by atoms with Gasteiger partial charge < -0.3 is 15.6 Å². The Balaban J connectivity index is 1.11. The lowest BCUT2D eigenvalue weighted by molar-refractivity contribution is 0.111. The van der Waals surface area contributed by atoms with Crippen molar-refractivity contribution in [3.63, 3.8) is 0 Å². The number of aromatic amines is 1. The maximum atomic E-state index is 12.6. The quantitative estimate of drug-likeness (QED) is 0.554. The maximum Gasteiger partial charge on any atom is 0.315 e. The number of para-hydroxylation sites is 1. The van der Waals surface area contributed by atoms with Gasteiger partial charge in [0, 0.05) is 47.8 Å². The third-order valence-electron chi connectivity index (χ3n) is 7.12. The number of carbonyl (C=O) groups excluding carboxylic acids is 1. The molecule has 3 heterocycles. The zero-order valence-corrected chi connectivity index (χ0v) is 18.2. The van der Waals surface area contributed by atoms with E-state index in [-0.39, 0.29) is 12.1 Å². The van der Waals surface area contributed by atoms with E-state index in [0.29, 0.717) is 18.6 Å². The summed E-state index contributed by atoms with van der Waals surface area (Å²) in [7, 11) is 0. The highest BCUT2D eigenvalue weighted by Gasteiger charge is 2.40. The number of carbonyl (C=O) groups is 1. The van der Waals surface area contributed by atoms with Crippen LogP contribution in [0, 0.1) is 6.92 Å². The molecule has 2 fully saturated rings. The van der Waals surface area contributed by atoms with Gasteiger partial charge in [0.25, 0.3) is 0 Å². The van der Waals surface area contributed by atoms with Crippen LogP contribution in [0.15, 0.2) is 54.6 Å². The molecule has 2 amide bonds. The van der Waals surface area contributed by atoms with Crippen molar-refractivity contribution in [1.29, 1.82) is 0 Å². The molecule has 0 radical (unpaired) electrons. The number of fused-ring (bicyclic) bond motifs is 3. The second-order valence-corrected chi connectivity index (χ2v) is 9.14. The number of nitrogens with one attached hydrogen (secondary N) is 3. The van der Waals surface area contributed by atoms with E-state index < -0.39 is 0 Å². The molecular formula is C26H32N4O. The largest absolute Gasteiger partial charge is 0.358 e. The topological polar surface area (TPSA) is 60.2 Å². The highest BCUT2D eigenvalue weighted by atomic mass is 16.2. The van der Waals surface area contributed by atoms with Crippen molar-refractivity contribution in [1.82, 2.24) is 20.5 Å². The van der Waals surface area contributed by atoms with Crippen molar-refractivity contribution in [2.75, 3.05) is 6.54 Å². The highest BCUT2D eigenvalue weighted by molar-refractivity contribution is 5.84. The third kappa shape index (κ3) is 4.33. The molecule has 3 N–H and O–H groups in total. The molecule has 2 aromatic carbocycles. The fraction of sp³-hybridized carbons (Fsp3) is 0.423. The Morgan fingerprint density at radius 3 is 2.52 bits per heavy atom. The molecule has 2 bridgehead atoms. The van der Waals surface area contributed by atoms with E-state index in [9.17, 15) is 4.79 Å². The van der Waals surface area contributed by atoms with Gasteiger partial charge in [0.2, 0.25) is 0 Å². The molecule has 0 saturated carbocycles. The Bertz CT molecular complexity index is 1030. The number of urea groups is 1. The fourth-order valence-corrected chi connectivity index (χ4v) is 5.64. The number of benzene rings is 2. The van der Waals surface area contributed by atoms with Gasteiger partial charge in [0.1, 0.15) is 0 Å². The van der Waals surface area contributed by atoms with Crippen LogP contribution in [0.3, 0.4) is 0 Å². The molecule has 5 heteroatoms. The monoisotopic (exact) mass is 416 g/mol. The van der Waals surface area contributed by atoms with E-state index >= 15 is 0 Å². The zero-order chi connectivity index (χ0) is 21.2. The molecule has 2 aliphatic heterocycles. The van der Waals surface area contributed by atoms with Gasteiger partial charge in [-0.25, -0.2) is 4.79 Å². The van der Waals surface area contributed by atoms with Crippen LogP contribution in [0.2, 0.25) is 0 Å². The number of piperidine rings is 1. The number of aromatic nitrogens is 1. The second kappa shape index (κ2) is 8.75. The Kier molecular flexibility index (Phi) is 5.68. The van der Waals surface area contributed by atoms with Gasteiger partial charge in [0.15, 0.2) is 0 Å². The normalized spacial score (nSPS) is 23.2. The fourth-order valence-electron chi connectivity index (χ4n) is 5.64. The van der Waals surface area contributed by atoms with Gasteiger partial charge >= 0.3 is 6.03 Å². The lowest BCUT2D eigenvalue weighted by Gasteiger charge is -2.39. The van der Waals surface area contributed by atoms with Crippen molar-refractivity contribution in [2.45, 2.75) is 63.7 Å². The molecule has 5 rings (SSSR count). The minimum atomic E-state index is -0.0293. The molecule has 2 atom stereocenters. The van der Waals surface area contributed by atoms with Crippen LogP contribution in [-0.4, -0.2) is 40.6 Å². The van der Waals surface area contributed by atoms with E-state index in [4.69, 9.17) is 0 Å². The lowest BCUT2D eigenvalue weighted by Crippen LogP contribution is -2.52. The van der Waals surface area contributed by atoms with Crippen LogP contribution >= 0.6 is 0 Å². The summed E-state index contributed by atoms with van der Waals surface area (Å²) in [5.74, 6) is 0. The van der Waals surface area contributed by atoms with Crippen molar-refractivity contribution in [3.8, 4) is 0 Å². The van der Waals surface area contributed by atoms with Crippen LogP contribution in [0.25, 0.3) is 10.9 Å². The lowest BCUT2D eigenvalue weighted by atomic mass is 9.96. The number of H-pyrrole nitrogens is 1. The minimum Gasteiger partial charge on any atom is -0.358 e. The van der Waals surface area contributed by atoms with E-state index in [1.807, 2.05) is 6.07 Å². The predicted molar refractivity (Wildman–Crippen MR) is 125 cm³/mol. The van der Waals surface area contributed by atoms with E-state index in [0.717, 1.165) is 31.3 Å². The SMILES string of the molecule is Cc1[nH]c2ccccc2c1CCNC(=O)NC1CC2CCC(C1)N2Cc1ccccc1. The summed E-state index contributed by atoms with van der Waals surface area (Å²) in [6.07, 6.45) is 5.44. The minimum absolute atomic E-state index is 0.0293. The number of hydrogen-bond acceptors (Lipinski definition) is 2. The summed E-state index contributed by atoms with van der Waals surface area (Å²) < 4.78 is 0. The first-order valence-corrected chi connectivity index (χ1v) is 11.6. The van der Waals surface area contributed by atoms with Gasteiger partial charge in [-0.3, -0.25) is 4.90 Å². The van der Waals surface area contributed by atoms with Crippen molar-refractivity contribution < 1.29 is 4.79 Å². The predicted octanol–water partition coefficient (Wildman–Crippen LogP) is 4.51. The average Bonchev–Trinajstić information content (AvgIpc) is 3.20. The summed E-state index contributed by atoms with van der Waals surface area (Å²) in [5.41, 5.74) is 5.03. The number of aryl methyl sites for hydroxylation is 1. The smallest absolute Gasteiger partial charge is 0.315 e. The van der Waals surface area contributed by atoms with Crippen molar-refractivity contribution in [2.24, 2.45) is 0 Å². The molecule has 0 spiro atoms. The summed E-state index contributed by atoms with van der Waals surface area (Å²) in [6, 6.07) is 20.5. The van der Waals surface area contributed by atoms with Gasteiger partial charge in [-0.15, -0.1) is 0 Å². The van der Waals surface area contributed by atoms with Gasteiger partial charge in [-0.2, -0.15) is 0 Å². The number of rotatable bonds is 6. The Morgan fingerprint density at radius 1 is 1.03 bits per heavy atom. The molecule has 3 aromatic rings. The average molecular weight is 417 g/mol. The first-order valence-electron chi connectivity index (χ1n) is 11.6. The first-order chi connectivity index (χ1) is 15.2. The second-order valence-electron chi connectivity index (χ2n) is 9.14. The van der Waals surface area contributed by atoms with E-state index in [1.165, 1.54) is 35.0 Å². The standard InChI is InChI=1S/C26H32N4O/c1-18-23(24-9-5-6-10-25(24)28-18)13-14-27-26(31)29-20-15-21-11-12-22(16-20)30(21)17-19-7-3-2-4-8-19/h2-10,20-22,28H,11-17H2,1H3,(H2,27,29,31). The Morgan fingerprint density at radius 2 is 1.74 bits per heavy atom. The molecule has 5 nitrogen and oxygen atoms in total. The van der Waals surface area contributed by atoms with E-state index in [2.05, 4.69) is 76.0 Å². The highest BCUT2D eigenvalue weighted by Crippen LogP contribution is 2.36. The number of amides is 2. The molecular weight excluding hydrogens is 384 g/mol. The van der Waals surface area contributed by atoms with Crippen molar-refractivity contribution >= 4 is 16.9 Å². The molecule has 1 aromatic heterocycles. The Labute approximate surface area is 184 Å². The Hall–Kier alpha value is -2.79. The summed E-state index contributed by atoms with van der Waals surface area (Å²) >= 11 is 0. The van der Waals surface area contributed by atoms with Gasteiger partial charge in [-0.1, -0.05) is 48.5 Å². The third-order valence-corrected chi connectivity index (χ3v) is 7.12. The molecule has 2 unspecified atom stereocenters. The molecule has 0 aliphatic carbocycles.